The summed E-state index contributed by atoms with van der Waals surface area (Å²) in [7, 11) is 0. The molecule has 2 aromatic heterocycles. The van der Waals surface area contributed by atoms with Crippen LogP contribution in [0.3, 0.4) is 0 Å². The fraction of sp³-hybridized carbons (Fsp3) is 0.278. The van der Waals surface area contributed by atoms with Crippen LogP contribution in [0.2, 0.25) is 0 Å². The zero-order chi connectivity index (χ0) is 15.6. The van der Waals surface area contributed by atoms with Gasteiger partial charge in [-0.05, 0) is 30.5 Å². The third-order valence-corrected chi connectivity index (χ3v) is 4.58. The lowest BCUT2D eigenvalue weighted by Gasteiger charge is -2.22. The lowest BCUT2D eigenvalue weighted by molar-refractivity contribution is 0.648. The Kier molecular flexibility index (Phi) is 3.54. The van der Waals surface area contributed by atoms with Gasteiger partial charge in [0.1, 0.15) is 18.0 Å². The molecule has 2 unspecified atom stereocenters. The van der Waals surface area contributed by atoms with Gasteiger partial charge >= 0.3 is 0 Å². The highest BCUT2D eigenvalue weighted by Gasteiger charge is 2.29. The van der Waals surface area contributed by atoms with Gasteiger partial charge in [0.15, 0.2) is 5.65 Å². The number of aromatic nitrogens is 3. The average Bonchev–Trinajstić information content (AvgIpc) is 3.04. The van der Waals surface area contributed by atoms with Gasteiger partial charge in [-0.1, -0.05) is 36.8 Å². The molecule has 2 atom stereocenters. The van der Waals surface area contributed by atoms with E-state index in [1.807, 2.05) is 6.07 Å². The van der Waals surface area contributed by atoms with Gasteiger partial charge in [0.25, 0.3) is 0 Å². The number of benzene rings is 1. The van der Waals surface area contributed by atoms with Crippen LogP contribution < -0.4 is 11.1 Å². The Labute approximate surface area is 135 Å². The lowest BCUT2D eigenvalue weighted by Crippen LogP contribution is -2.23. The molecule has 1 aromatic carbocycles. The molecule has 4 rings (SSSR count). The Morgan fingerprint density at radius 1 is 1.00 bits per heavy atom. The van der Waals surface area contributed by atoms with Crippen molar-refractivity contribution in [2.45, 2.75) is 31.2 Å². The molecule has 0 bridgehead atoms. The van der Waals surface area contributed by atoms with Crippen molar-refractivity contribution in [2.75, 3.05) is 11.1 Å². The number of anilines is 2. The normalized spacial score (nSPS) is 20.7. The fourth-order valence-corrected chi connectivity index (χ4v) is 3.48. The first-order valence-electron chi connectivity index (χ1n) is 8.00. The van der Waals surface area contributed by atoms with Crippen LogP contribution in [0.4, 0.5) is 11.6 Å². The van der Waals surface area contributed by atoms with Gasteiger partial charge in [-0.2, -0.15) is 0 Å². The van der Waals surface area contributed by atoms with Gasteiger partial charge in [-0.25, -0.2) is 15.0 Å². The molecule has 0 aliphatic heterocycles. The summed E-state index contributed by atoms with van der Waals surface area (Å²) >= 11 is 0. The van der Waals surface area contributed by atoms with E-state index in [1.54, 1.807) is 12.4 Å². The Morgan fingerprint density at radius 3 is 2.74 bits per heavy atom. The van der Waals surface area contributed by atoms with Crippen molar-refractivity contribution in [2.24, 2.45) is 0 Å². The molecule has 1 fully saturated rings. The summed E-state index contributed by atoms with van der Waals surface area (Å²) in [4.78, 5) is 12.9. The van der Waals surface area contributed by atoms with Crippen molar-refractivity contribution in [1.82, 2.24) is 15.0 Å². The maximum Gasteiger partial charge on any atom is 0.166 e. The molecule has 2 heterocycles. The van der Waals surface area contributed by atoms with Gasteiger partial charge in [-0.15, -0.1) is 0 Å². The van der Waals surface area contributed by atoms with E-state index in [9.17, 15) is 0 Å². The van der Waals surface area contributed by atoms with E-state index in [4.69, 9.17) is 5.73 Å². The molecule has 23 heavy (non-hydrogen) atoms. The van der Waals surface area contributed by atoms with Crippen molar-refractivity contribution in [1.29, 1.82) is 0 Å². The maximum absolute atomic E-state index is 5.74. The molecule has 0 radical (unpaired) electrons. The number of nitrogens with one attached hydrogen (secondary N) is 1. The SMILES string of the molecule is Nc1ccc2c(NC3CCCC3c3ccccc3)ncnc2n1. The Bertz CT molecular complexity index is 818. The third kappa shape index (κ3) is 2.70. The number of hydrogen-bond acceptors (Lipinski definition) is 5. The van der Waals surface area contributed by atoms with E-state index in [1.165, 1.54) is 18.4 Å². The molecule has 1 aliphatic carbocycles. The van der Waals surface area contributed by atoms with E-state index >= 15 is 0 Å². The van der Waals surface area contributed by atoms with E-state index in [0.717, 1.165) is 17.6 Å². The average molecular weight is 305 g/mol. The number of nitrogen functional groups attached to an aromatic ring is 1. The zero-order valence-corrected chi connectivity index (χ0v) is 12.8. The monoisotopic (exact) mass is 305 g/mol. The highest BCUT2D eigenvalue weighted by molar-refractivity contribution is 5.87. The minimum Gasteiger partial charge on any atom is -0.384 e. The molecule has 116 valence electrons. The van der Waals surface area contributed by atoms with Crippen LogP contribution in [0.5, 0.6) is 0 Å². The quantitative estimate of drug-likeness (QED) is 0.776. The Morgan fingerprint density at radius 2 is 1.87 bits per heavy atom. The lowest BCUT2D eigenvalue weighted by atomic mass is 9.94. The molecular formula is C18H19N5. The highest BCUT2D eigenvalue weighted by atomic mass is 15.1. The van der Waals surface area contributed by atoms with Crippen LogP contribution in [0.25, 0.3) is 11.0 Å². The summed E-state index contributed by atoms with van der Waals surface area (Å²) < 4.78 is 0. The van der Waals surface area contributed by atoms with Crippen LogP contribution >= 0.6 is 0 Å². The second-order valence-corrected chi connectivity index (χ2v) is 6.03. The summed E-state index contributed by atoms with van der Waals surface area (Å²) in [5.74, 6) is 1.84. The van der Waals surface area contributed by atoms with Gasteiger partial charge in [0, 0.05) is 12.0 Å². The number of nitrogens with two attached hydrogens (primary N) is 1. The Hall–Kier alpha value is -2.69. The van der Waals surface area contributed by atoms with Gasteiger partial charge in [0.2, 0.25) is 0 Å². The van der Waals surface area contributed by atoms with E-state index in [2.05, 4.69) is 50.6 Å². The summed E-state index contributed by atoms with van der Waals surface area (Å²) in [5, 5.41) is 4.54. The summed E-state index contributed by atoms with van der Waals surface area (Å²) in [5.41, 5.74) is 7.77. The standard InChI is InChI=1S/C18H19N5/c19-16-10-9-14-17(20-11-21-18(14)23-16)22-15-8-4-7-13(15)12-5-2-1-3-6-12/h1-3,5-6,9-11,13,15H,4,7-8H2,(H3,19,20,21,22,23). The van der Waals surface area contributed by atoms with Crippen LogP contribution in [-0.4, -0.2) is 21.0 Å². The molecule has 0 saturated heterocycles. The smallest absolute Gasteiger partial charge is 0.166 e. The molecule has 0 spiro atoms. The molecule has 5 heteroatoms. The number of fused-ring (bicyclic) bond motifs is 1. The fourth-order valence-electron chi connectivity index (χ4n) is 3.48. The topological polar surface area (TPSA) is 76.7 Å². The van der Waals surface area contributed by atoms with E-state index in [-0.39, 0.29) is 0 Å². The molecular weight excluding hydrogens is 286 g/mol. The summed E-state index contributed by atoms with van der Waals surface area (Å²) in [6.45, 7) is 0. The second kappa shape index (κ2) is 5.83. The first-order valence-corrected chi connectivity index (χ1v) is 8.00. The first kappa shape index (κ1) is 13.9. The van der Waals surface area contributed by atoms with Crippen LogP contribution in [0, 0.1) is 0 Å². The van der Waals surface area contributed by atoms with Crippen molar-refractivity contribution in [3.63, 3.8) is 0 Å². The second-order valence-electron chi connectivity index (χ2n) is 6.03. The molecule has 1 aliphatic rings. The predicted molar refractivity (Wildman–Crippen MR) is 92.2 cm³/mol. The Balaban J connectivity index is 1.65. The zero-order valence-electron chi connectivity index (χ0n) is 12.8. The number of nitrogens with zero attached hydrogens (tertiary/aromatic N) is 3. The van der Waals surface area contributed by atoms with Crippen molar-refractivity contribution in [3.8, 4) is 0 Å². The third-order valence-electron chi connectivity index (χ3n) is 4.58. The minimum absolute atomic E-state index is 0.382. The van der Waals surface area contributed by atoms with Crippen molar-refractivity contribution >= 4 is 22.7 Å². The molecule has 5 nitrogen and oxygen atoms in total. The van der Waals surface area contributed by atoms with E-state index < -0.39 is 0 Å². The van der Waals surface area contributed by atoms with Crippen LogP contribution in [0.15, 0.2) is 48.8 Å². The summed E-state index contributed by atoms with van der Waals surface area (Å²) in [6.07, 6.45) is 5.12. The molecule has 3 aromatic rings. The van der Waals surface area contributed by atoms with E-state index in [0.29, 0.717) is 23.4 Å². The highest BCUT2D eigenvalue weighted by Crippen LogP contribution is 2.36. The van der Waals surface area contributed by atoms with Crippen LogP contribution in [-0.2, 0) is 0 Å². The summed E-state index contributed by atoms with van der Waals surface area (Å²) in [6, 6.07) is 14.8. The molecule has 0 amide bonds. The largest absolute Gasteiger partial charge is 0.384 e. The number of rotatable bonds is 3. The maximum atomic E-state index is 5.74. The minimum atomic E-state index is 0.382. The number of pyridine rings is 1. The van der Waals surface area contributed by atoms with Gasteiger partial charge in [0.05, 0.1) is 5.39 Å². The first-order chi connectivity index (χ1) is 11.3. The molecule has 1 saturated carbocycles. The van der Waals surface area contributed by atoms with Gasteiger partial charge in [-0.3, -0.25) is 0 Å². The predicted octanol–water partition coefficient (Wildman–Crippen LogP) is 3.36. The van der Waals surface area contributed by atoms with Crippen LogP contribution in [0.1, 0.15) is 30.7 Å². The van der Waals surface area contributed by atoms with Gasteiger partial charge < -0.3 is 11.1 Å². The van der Waals surface area contributed by atoms with Crippen molar-refractivity contribution in [3.05, 3.63) is 54.4 Å². The molecule has 3 N–H and O–H groups in total. The number of hydrogen-bond donors (Lipinski definition) is 2. The van der Waals surface area contributed by atoms with Crippen molar-refractivity contribution < 1.29 is 0 Å².